The molecule has 1 aromatic rings. The lowest BCUT2D eigenvalue weighted by Crippen LogP contribution is -2.86. The number of hydrogen-bond acceptors (Lipinski definition) is 1. The molecule has 0 bridgehead atoms. The molecule has 3 heteroatoms. The summed E-state index contributed by atoms with van der Waals surface area (Å²) in [5.41, 5.74) is 0. The lowest BCUT2D eigenvalue weighted by Gasteiger charge is -2.20. The van der Waals surface area contributed by atoms with Gasteiger partial charge in [0.2, 0.25) is 0 Å². The van der Waals surface area contributed by atoms with Crippen molar-refractivity contribution in [2.75, 3.05) is 13.1 Å². The molecule has 1 aliphatic rings. The van der Waals surface area contributed by atoms with E-state index >= 15 is 0 Å². The van der Waals surface area contributed by atoms with Crippen molar-refractivity contribution < 1.29 is 5.32 Å². The molecule has 0 amide bonds. The first-order chi connectivity index (χ1) is 5.47. The summed E-state index contributed by atoms with van der Waals surface area (Å²) in [6.45, 7) is 2.51. The van der Waals surface area contributed by atoms with E-state index in [1.807, 2.05) is 12.3 Å². The Morgan fingerprint density at radius 2 is 2.18 bits per heavy atom. The van der Waals surface area contributed by atoms with E-state index in [0.717, 1.165) is 0 Å². The third kappa shape index (κ3) is 1.43. The zero-order valence-corrected chi connectivity index (χ0v) is 6.61. The number of hydrogen-bond donors (Lipinski definition) is 1. The molecule has 1 saturated heterocycles. The fourth-order valence-electron chi connectivity index (χ4n) is 1.67. The Morgan fingerprint density at radius 1 is 1.36 bits per heavy atom. The molecule has 1 aromatic heterocycles. The molecule has 60 valence electrons. The van der Waals surface area contributed by atoms with E-state index in [1.54, 1.807) is 0 Å². The van der Waals surface area contributed by atoms with Crippen molar-refractivity contribution in [3.63, 3.8) is 0 Å². The van der Waals surface area contributed by atoms with Crippen molar-refractivity contribution in [2.45, 2.75) is 18.9 Å². The fraction of sp³-hybridized carbons (Fsp3) is 0.625. The van der Waals surface area contributed by atoms with Crippen molar-refractivity contribution in [1.29, 1.82) is 0 Å². The highest BCUT2D eigenvalue weighted by Crippen LogP contribution is 2.13. The molecule has 0 atom stereocenters. The number of quaternary nitrogens is 1. The smallest absolute Gasteiger partial charge is 0.0776 e. The molecule has 0 spiro atoms. The number of nitrogens with zero attached hydrogens (tertiary/aromatic N) is 2. The average Bonchev–Trinajstić information content (AvgIpc) is 2.58. The van der Waals surface area contributed by atoms with Crippen molar-refractivity contribution >= 4 is 0 Å². The summed E-state index contributed by atoms with van der Waals surface area (Å²) < 4.78 is 2.09. The van der Waals surface area contributed by atoms with E-state index < -0.39 is 0 Å². The van der Waals surface area contributed by atoms with Gasteiger partial charge in [-0.15, -0.1) is 0 Å². The Hall–Kier alpha value is -0.830. The molecule has 0 aromatic carbocycles. The minimum absolute atomic E-state index is 0.662. The fourth-order valence-corrected chi connectivity index (χ4v) is 1.67. The lowest BCUT2D eigenvalue weighted by atomic mass is 10.1. The van der Waals surface area contributed by atoms with Crippen LogP contribution in [0.3, 0.4) is 0 Å². The van der Waals surface area contributed by atoms with Crippen LogP contribution in [0.25, 0.3) is 0 Å². The van der Waals surface area contributed by atoms with Gasteiger partial charge < -0.3 is 5.32 Å². The van der Waals surface area contributed by atoms with E-state index in [-0.39, 0.29) is 0 Å². The molecule has 2 heterocycles. The van der Waals surface area contributed by atoms with Crippen LogP contribution in [0.2, 0.25) is 0 Å². The van der Waals surface area contributed by atoms with Gasteiger partial charge in [0.1, 0.15) is 0 Å². The Bertz CT molecular complexity index is 199. The van der Waals surface area contributed by atoms with Crippen LogP contribution >= 0.6 is 0 Å². The van der Waals surface area contributed by atoms with Crippen LogP contribution in [0, 0.1) is 0 Å². The molecule has 1 fully saturated rings. The SMILES string of the molecule is c1cnn(C2CC[NH2+]CC2)c1. The zero-order chi connectivity index (χ0) is 7.52. The van der Waals surface area contributed by atoms with E-state index in [0.29, 0.717) is 6.04 Å². The molecule has 2 rings (SSSR count). The highest BCUT2D eigenvalue weighted by Gasteiger charge is 2.16. The second-order valence-corrected chi connectivity index (χ2v) is 3.08. The summed E-state index contributed by atoms with van der Waals surface area (Å²) >= 11 is 0. The maximum Gasteiger partial charge on any atom is 0.0776 e. The Labute approximate surface area is 66.4 Å². The third-order valence-electron chi connectivity index (χ3n) is 2.31. The van der Waals surface area contributed by atoms with Gasteiger partial charge in [-0.2, -0.15) is 5.10 Å². The summed E-state index contributed by atoms with van der Waals surface area (Å²) in [6.07, 6.45) is 6.46. The van der Waals surface area contributed by atoms with Crippen LogP contribution in [0.1, 0.15) is 18.9 Å². The van der Waals surface area contributed by atoms with Gasteiger partial charge in [-0.25, -0.2) is 0 Å². The van der Waals surface area contributed by atoms with Crippen LogP contribution in [0.15, 0.2) is 18.5 Å². The predicted octanol–water partition coefficient (Wildman–Crippen LogP) is -0.219. The molecular weight excluding hydrogens is 138 g/mol. The maximum absolute atomic E-state index is 4.24. The van der Waals surface area contributed by atoms with Crippen LogP contribution in [-0.2, 0) is 0 Å². The number of aromatic nitrogens is 2. The van der Waals surface area contributed by atoms with Gasteiger partial charge in [0.05, 0.1) is 19.1 Å². The van der Waals surface area contributed by atoms with Crippen molar-refractivity contribution in [1.82, 2.24) is 9.78 Å². The van der Waals surface area contributed by atoms with E-state index in [1.165, 1.54) is 25.9 Å². The van der Waals surface area contributed by atoms with E-state index in [9.17, 15) is 0 Å². The summed E-state index contributed by atoms with van der Waals surface area (Å²) in [7, 11) is 0. The van der Waals surface area contributed by atoms with E-state index in [4.69, 9.17) is 0 Å². The summed E-state index contributed by atoms with van der Waals surface area (Å²) in [5.74, 6) is 0. The number of piperidine rings is 1. The number of rotatable bonds is 1. The van der Waals surface area contributed by atoms with Gasteiger partial charge in [-0.1, -0.05) is 0 Å². The van der Waals surface area contributed by atoms with Gasteiger partial charge in [-0.05, 0) is 6.07 Å². The first-order valence-corrected chi connectivity index (χ1v) is 4.27. The van der Waals surface area contributed by atoms with Crippen LogP contribution in [0.5, 0.6) is 0 Å². The van der Waals surface area contributed by atoms with Crippen LogP contribution in [-0.4, -0.2) is 22.9 Å². The molecule has 2 N–H and O–H groups in total. The van der Waals surface area contributed by atoms with Gasteiger partial charge in [0.25, 0.3) is 0 Å². The van der Waals surface area contributed by atoms with Crippen molar-refractivity contribution in [3.05, 3.63) is 18.5 Å². The van der Waals surface area contributed by atoms with Gasteiger partial charge in [0, 0.05) is 25.2 Å². The summed E-state index contributed by atoms with van der Waals surface area (Å²) in [5, 5.41) is 6.62. The molecule has 0 unspecified atom stereocenters. The molecule has 3 nitrogen and oxygen atoms in total. The van der Waals surface area contributed by atoms with Crippen LogP contribution < -0.4 is 5.32 Å². The zero-order valence-electron chi connectivity index (χ0n) is 6.61. The molecule has 0 radical (unpaired) electrons. The van der Waals surface area contributed by atoms with Gasteiger partial charge in [0.15, 0.2) is 0 Å². The Kier molecular flexibility index (Phi) is 1.90. The van der Waals surface area contributed by atoms with Crippen LogP contribution in [0.4, 0.5) is 0 Å². The largest absolute Gasteiger partial charge is 0.346 e. The Balaban J connectivity index is 2.04. The van der Waals surface area contributed by atoms with Gasteiger partial charge in [-0.3, -0.25) is 4.68 Å². The summed E-state index contributed by atoms with van der Waals surface area (Å²) in [4.78, 5) is 0. The quantitative estimate of drug-likeness (QED) is 0.593. The molecular formula is C8H14N3+. The number of nitrogens with two attached hydrogens (primary N) is 1. The first-order valence-electron chi connectivity index (χ1n) is 4.27. The van der Waals surface area contributed by atoms with Crippen molar-refractivity contribution in [2.24, 2.45) is 0 Å². The molecule has 11 heavy (non-hydrogen) atoms. The first kappa shape index (κ1) is 6.85. The predicted molar refractivity (Wildman–Crippen MR) is 42.2 cm³/mol. The lowest BCUT2D eigenvalue weighted by molar-refractivity contribution is -0.664. The normalized spacial score (nSPS) is 20.4. The van der Waals surface area contributed by atoms with E-state index in [2.05, 4.69) is 21.3 Å². The third-order valence-corrected chi connectivity index (χ3v) is 2.31. The summed E-state index contributed by atoms with van der Waals surface area (Å²) in [6, 6.07) is 2.66. The second-order valence-electron chi connectivity index (χ2n) is 3.08. The Morgan fingerprint density at radius 3 is 2.82 bits per heavy atom. The second kappa shape index (κ2) is 3.05. The monoisotopic (exact) mass is 152 g/mol. The minimum Gasteiger partial charge on any atom is -0.346 e. The van der Waals surface area contributed by atoms with Gasteiger partial charge >= 0.3 is 0 Å². The average molecular weight is 152 g/mol. The highest BCUT2D eigenvalue weighted by molar-refractivity contribution is 4.81. The highest BCUT2D eigenvalue weighted by atomic mass is 15.3. The maximum atomic E-state index is 4.24. The molecule has 0 aliphatic carbocycles. The topological polar surface area (TPSA) is 34.4 Å². The minimum atomic E-state index is 0.662. The molecule has 1 aliphatic heterocycles. The van der Waals surface area contributed by atoms with Crippen molar-refractivity contribution in [3.8, 4) is 0 Å². The molecule has 0 saturated carbocycles. The standard InChI is InChI=1S/C8H13N3/c1-4-10-11(7-1)8-2-5-9-6-3-8/h1,4,7-9H,2-3,5-6H2/p+1.